The highest BCUT2D eigenvalue weighted by Crippen LogP contribution is 2.33. The normalized spacial score (nSPS) is 19.8. The van der Waals surface area contributed by atoms with Crippen LogP contribution in [0.25, 0.3) is 0 Å². The van der Waals surface area contributed by atoms with Crippen molar-refractivity contribution in [1.82, 2.24) is 21.1 Å². The van der Waals surface area contributed by atoms with Crippen LogP contribution in [0.5, 0.6) is 11.5 Å². The molecule has 0 bridgehead atoms. The minimum absolute atomic E-state index is 0.158. The molecule has 9 heteroatoms. The third-order valence-electron chi connectivity index (χ3n) is 4.99. The van der Waals surface area contributed by atoms with Gasteiger partial charge in [-0.05, 0) is 41.9 Å². The quantitative estimate of drug-likeness (QED) is 0.512. The summed E-state index contributed by atoms with van der Waals surface area (Å²) in [5.41, 5.74) is 3.23. The first-order chi connectivity index (χ1) is 14.0. The fraction of sp³-hybridized carbons (Fsp3) is 0.250. The lowest BCUT2D eigenvalue weighted by Crippen LogP contribution is -2.51. The second-order valence-electron chi connectivity index (χ2n) is 6.68. The Kier molecular flexibility index (Phi) is 4.98. The molecule has 0 aliphatic carbocycles. The van der Waals surface area contributed by atoms with E-state index in [9.17, 15) is 9.59 Å². The highest BCUT2D eigenvalue weighted by molar-refractivity contribution is 7.80. The van der Waals surface area contributed by atoms with Crippen LogP contribution in [-0.2, 0) is 16.9 Å². The molecule has 8 nitrogen and oxygen atoms in total. The summed E-state index contributed by atoms with van der Waals surface area (Å²) in [6.45, 7) is 2.45. The molecule has 2 aromatic carbocycles. The molecule has 2 aromatic rings. The molecule has 29 heavy (non-hydrogen) atoms. The summed E-state index contributed by atoms with van der Waals surface area (Å²) in [5.74, 6) is 0.974. The number of urea groups is 1. The highest BCUT2D eigenvalue weighted by Gasteiger charge is 2.51. The van der Waals surface area contributed by atoms with Gasteiger partial charge in [-0.2, -0.15) is 5.01 Å². The Morgan fingerprint density at radius 3 is 2.69 bits per heavy atom. The number of hydrogen-bond acceptors (Lipinski definition) is 5. The summed E-state index contributed by atoms with van der Waals surface area (Å²) in [6.07, 6.45) is 0.414. The van der Waals surface area contributed by atoms with Crippen LogP contribution >= 0.6 is 12.2 Å². The first-order valence-electron chi connectivity index (χ1n) is 9.19. The number of ether oxygens (including phenoxy) is 2. The van der Waals surface area contributed by atoms with Crippen LogP contribution in [0.3, 0.4) is 0 Å². The second kappa shape index (κ2) is 7.59. The minimum atomic E-state index is -1.11. The molecule has 0 spiro atoms. The number of thiocarbonyl (C=S) groups is 1. The van der Waals surface area contributed by atoms with Crippen molar-refractivity contribution in [3.8, 4) is 11.5 Å². The number of benzene rings is 2. The number of carbonyl (C=O) groups excluding carboxylic acids is 2. The van der Waals surface area contributed by atoms with Gasteiger partial charge in [0.25, 0.3) is 5.91 Å². The Morgan fingerprint density at radius 2 is 1.93 bits per heavy atom. The fourth-order valence-electron chi connectivity index (χ4n) is 3.41. The summed E-state index contributed by atoms with van der Waals surface area (Å²) in [5, 5.41) is 6.87. The van der Waals surface area contributed by atoms with E-state index < -0.39 is 17.5 Å². The molecule has 3 N–H and O–H groups in total. The van der Waals surface area contributed by atoms with Crippen LogP contribution in [0.2, 0.25) is 0 Å². The van der Waals surface area contributed by atoms with E-state index in [-0.39, 0.29) is 11.9 Å². The molecule has 3 amide bonds. The number of hydrazine groups is 1. The highest BCUT2D eigenvalue weighted by atomic mass is 32.1. The van der Waals surface area contributed by atoms with Crippen LogP contribution < -0.4 is 25.5 Å². The summed E-state index contributed by atoms with van der Waals surface area (Å²) in [4.78, 5) is 25.6. The van der Waals surface area contributed by atoms with Gasteiger partial charge in [-0.1, -0.05) is 43.3 Å². The van der Waals surface area contributed by atoms with E-state index in [2.05, 4.69) is 16.1 Å². The lowest BCUT2D eigenvalue weighted by atomic mass is 9.87. The van der Waals surface area contributed by atoms with Crippen molar-refractivity contribution in [2.24, 2.45) is 0 Å². The van der Waals surface area contributed by atoms with Gasteiger partial charge in [0.1, 0.15) is 5.54 Å². The summed E-state index contributed by atoms with van der Waals surface area (Å²) in [7, 11) is 0. The molecule has 1 saturated heterocycles. The van der Waals surface area contributed by atoms with Crippen LogP contribution in [0.4, 0.5) is 4.79 Å². The van der Waals surface area contributed by atoms with Gasteiger partial charge in [0.05, 0.1) is 0 Å². The van der Waals surface area contributed by atoms with Gasteiger partial charge in [0.2, 0.25) is 6.79 Å². The third-order valence-corrected chi connectivity index (χ3v) is 5.23. The van der Waals surface area contributed by atoms with Gasteiger partial charge in [0.15, 0.2) is 16.6 Å². The van der Waals surface area contributed by atoms with Crippen LogP contribution in [0, 0.1) is 0 Å². The maximum atomic E-state index is 13.1. The summed E-state index contributed by atoms with van der Waals surface area (Å²) < 4.78 is 10.6. The van der Waals surface area contributed by atoms with Crippen LogP contribution in [-0.4, -0.2) is 28.9 Å². The molecule has 4 rings (SSSR count). The van der Waals surface area contributed by atoms with Crippen molar-refractivity contribution in [3.05, 3.63) is 59.7 Å². The van der Waals surface area contributed by atoms with Gasteiger partial charge in [-0.25, -0.2) is 4.79 Å². The second-order valence-corrected chi connectivity index (χ2v) is 7.09. The van der Waals surface area contributed by atoms with Crippen molar-refractivity contribution < 1.29 is 19.1 Å². The van der Waals surface area contributed by atoms with Gasteiger partial charge in [-0.3, -0.25) is 10.2 Å². The van der Waals surface area contributed by atoms with Crippen molar-refractivity contribution in [1.29, 1.82) is 0 Å². The molecule has 1 atom stereocenters. The van der Waals surface area contributed by atoms with E-state index in [0.717, 1.165) is 16.1 Å². The van der Waals surface area contributed by atoms with Gasteiger partial charge >= 0.3 is 6.03 Å². The van der Waals surface area contributed by atoms with E-state index in [1.807, 2.05) is 55.5 Å². The SMILES string of the molecule is CC[C@]1(c2ccccc2)NC(=O)N(NC(=S)NCc2ccc3c(c2)OCO3)C1=O. The summed E-state index contributed by atoms with van der Waals surface area (Å²) >= 11 is 5.27. The number of nitrogens with zero attached hydrogens (tertiary/aromatic N) is 1. The first kappa shape index (κ1) is 19.0. The number of amides is 3. The number of fused-ring (bicyclic) bond motifs is 1. The number of hydrogen-bond donors (Lipinski definition) is 3. The van der Waals surface area contributed by atoms with E-state index >= 15 is 0 Å². The fourth-order valence-corrected chi connectivity index (χ4v) is 3.58. The van der Waals surface area contributed by atoms with Crippen molar-refractivity contribution in [2.75, 3.05) is 6.79 Å². The molecular formula is C20H20N4O4S. The average Bonchev–Trinajstić information content (AvgIpc) is 3.31. The molecule has 0 aromatic heterocycles. The Labute approximate surface area is 173 Å². The number of carbonyl (C=O) groups is 2. The van der Waals surface area contributed by atoms with Crippen molar-refractivity contribution in [3.63, 3.8) is 0 Å². The Balaban J connectivity index is 1.41. The lowest BCUT2D eigenvalue weighted by Gasteiger charge is -2.25. The maximum absolute atomic E-state index is 13.1. The Bertz CT molecular complexity index is 968. The predicted molar refractivity (Wildman–Crippen MR) is 109 cm³/mol. The van der Waals surface area contributed by atoms with Gasteiger partial charge in [0, 0.05) is 6.54 Å². The molecule has 0 saturated carbocycles. The number of rotatable bonds is 5. The Hall–Kier alpha value is -3.33. The molecule has 2 aliphatic heterocycles. The standard InChI is InChI=1S/C20H20N4O4S/c1-2-20(14-6-4-3-5-7-14)17(25)24(19(26)22-20)23-18(29)21-11-13-8-9-15-16(10-13)28-12-27-15/h3-10H,2,11-12H2,1H3,(H,22,26)(H2,21,23,29)/t20-/m1/s1. The molecule has 2 aliphatic rings. The molecule has 2 heterocycles. The molecule has 150 valence electrons. The molecule has 0 unspecified atom stereocenters. The maximum Gasteiger partial charge on any atom is 0.344 e. The largest absolute Gasteiger partial charge is 0.454 e. The average molecular weight is 412 g/mol. The smallest absolute Gasteiger partial charge is 0.344 e. The van der Waals surface area contributed by atoms with Crippen LogP contribution in [0.15, 0.2) is 48.5 Å². The summed E-state index contributed by atoms with van der Waals surface area (Å²) in [6, 6.07) is 14.2. The topological polar surface area (TPSA) is 91.9 Å². The monoisotopic (exact) mass is 412 g/mol. The Morgan fingerprint density at radius 1 is 1.17 bits per heavy atom. The minimum Gasteiger partial charge on any atom is -0.454 e. The van der Waals surface area contributed by atoms with E-state index in [4.69, 9.17) is 21.7 Å². The zero-order valence-electron chi connectivity index (χ0n) is 15.7. The zero-order chi connectivity index (χ0) is 20.4. The third kappa shape index (κ3) is 3.44. The van der Waals surface area contributed by atoms with Crippen LogP contribution in [0.1, 0.15) is 24.5 Å². The molecular weight excluding hydrogens is 392 g/mol. The van der Waals surface area contributed by atoms with Crippen molar-refractivity contribution >= 4 is 29.3 Å². The van der Waals surface area contributed by atoms with Gasteiger partial charge < -0.3 is 20.1 Å². The first-order valence-corrected chi connectivity index (χ1v) is 9.59. The van der Waals surface area contributed by atoms with Crippen molar-refractivity contribution in [2.45, 2.75) is 25.4 Å². The lowest BCUT2D eigenvalue weighted by molar-refractivity contribution is -0.133. The molecule has 0 radical (unpaired) electrons. The predicted octanol–water partition coefficient (Wildman–Crippen LogP) is 2.15. The van der Waals surface area contributed by atoms with E-state index in [1.165, 1.54) is 0 Å². The zero-order valence-corrected chi connectivity index (χ0v) is 16.5. The molecule has 1 fully saturated rings. The van der Waals surface area contributed by atoms with E-state index in [1.54, 1.807) is 0 Å². The van der Waals surface area contributed by atoms with E-state index in [0.29, 0.717) is 24.5 Å². The number of imide groups is 1. The van der Waals surface area contributed by atoms with Gasteiger partial charge in [-0.15, -0.1) is 0 Å². The number of nitrogens with one attached hydrogen (secondary N) is 3.